The Kier molecular flexibility index (Phi) is 17.7. The van der Waals surface area contributed by atoms with Gasteiger partial charge in [0.2, 0.25) is 10.7 Å². The molecule has 450 valence electrons. The van der Waals surface area contributed by atoms with E-state index in [0.717, 1.165) is 100 Å². The Hall–Kier alpha value is -10.8. The van der Waals surface area contributed by atoms with E-state index in [1.165, 1.54) is 0 Å². The number of carbonyl (C=O) groups excluding carboxylic acids is 2. The summed E-state index contributed by atoms with van der Waals surface area (Å²) in [7, 11) is 15.8. The molecule has 3 aliphatic heterocycles. The first-order valence-corrected chi connectivity index (χ1v) is 29.2. The lowest BCUT2D eigenvalue weighted by Crippen LogP contribution is -2.23. The van der Waals surface area contributed by atoms with Crippen LogP contribution in [0.2, 0.25) is 0 Å². The van der Waals surface area contributed by atoms with Gasteiger partial charge in [-0.2, -0.15) is 0 Å². The van der Waals surface area contributed by atoms with Crippen LogP contribution in [-0.4, -0.2) is 92.5 Å². The summed E-state index contributed by atoms with van der Waals surface area (Å²) in [4.78, 5) is 44.2. The molecule has 0 aromatic heterocycles. The molecular formula is C74H70N6O9. The smallest absolute Gasteiger partial charge is 0.336 e. The fourth-order valence-electron chi connectivity index (χ4n) is 11.3. The van der Waals surface area contributed by atoms with Gasteiger partial charge in [-0.1, -0.05) is 66.7 Å². The fourth-order valence-corrected chi connectivity index (χ4v) is 11.3. The van der Waals surface area contributed by atoms with Gasteiger partial charge in [0.15, 0.2) is 0 Å². The molecule has 0 radical (unpaired) electrons. The van der Waals surface area contributed by atoms with Gasteiger partial charge < -0.3 is 53.3 Å². The second-order valence-electron chi connectivity index (χ2n) is 22.6. The van der Waals surface area contributed by atoms with Crippen LogP contribution in [-0.2, 0) is 0 Å². The summed E-state index contributed by atoms with van der Waals surface area (Å²) in [6, 6.07) is 52.9. The maximum Gasteiger partial charge on any atom is 0.336 e. The Morgan fingerprint density at radius 2 is 0.910 bits per heavy atom. The van der Waals surface area contributed by atoms with Gasteiger partial charge in [0, 0.05) is 155 Å². The SMILES string of the molecule is CCN=c1cc2oc3cc(NCC)c(C)cc3c(-c3ccccc3C(=O)O)c-2cc1C.CN(C)c1ccc2c(-c3ccccc3C(=O)[O-])c3ccc(=[N+](C)C)cc-3oc2c1.CN(C)c1ccc2c(-c3ccccc3C(=O)[O-])c3ccc(=[N+](C)C)cc-3oc2c1. The predicted octanol–water partition coefficient (Wildman–Crippen LogP) is 11.2. The molecule has 15 heteroatoms. The third-order valence-corrected chi connectivity index (χ3v) is 15.8. The van der Waals surface area contributed by atoms with Crippen LogP contribution >= 0.6 is 0 Å². The van der Waals surface area contributed by atoms with Gasteiger partial charge >= 0.3 is 5.97 Å². The summed E-state index contributed by atoms with van der Waals surface area (Å²) in [5, 5.41) is 42.3. The van der Waals surface area contributed by atoms with Gasteiger partial charge in [-0.05, 0) is 110 Å². The Labute approximate surface area is 516 Å². The van der Waals surface area contributed by atoms with Crippen molar-refractivity contribution in [1.82, 2.24) is 9.15 Å². The number of hydrogen-bond donors (Lipinski definition) is 2. The number of benzene rings is 9. The van der Waals surface area contributed by atoms with Crippen molar-refractivity contribution in [3.8, 4) is 67.4 Å². The van der Waals surface area contributed by atoms with Crippen molar-refractivity contribution in [3.05, 3.63) is 214 Å². The summed E-state index contributed by atoms with van der Waals surface area (Å²) in [5.74, 6) is -1.26. The van der Waals surface area contributed by atoms with Crippen LogP contribution in [0.4, 0.5) is 17.1 Å². The number of carboxylic acid groups (broad SMARTS) is 3. The number of nitrogens with zero attached hydrogens (tertiary/aromatic N) is 5. The summed E-state index contributed by atoms with van der Waals surface area (Å²) in [6.07, 6.45) is 0. The highest BCUT2D eigenvalue weighted by atomic mass is 16.4. The molecule has 2 N–H and O–H groups in total. The largest absolute Gasteiger partial charge is 0.545 e. The Morgan fingerprint density at radius 1 is 0.483 bits per heavy atom. The minimum Gasteiger partial charge on any atom is -0.545 e. The molecule has 0 amide bonds. The van der Waals surface area contributed by atoms with Gasteiger partial charge in [0.1, 0.15) is 62.2 Å². The van der Waals surface area contributed by atoms with E-state index in [1.54, 1.807) is 36.4 Å². The lowest BCUT2D eigenvalue weighted by atomic mass is 9.89. The number of carboxylic acids is 3. The molecule has 0 atom stereocenters. The first-order valence-electron chi connectivity index (χ1n) is 29.2. The number of hydrogen-bond acceptors (Lipinski definition) is 12. The molecule has 12 rings (SSSR count). The van der Waals surface area contributed by atoms with E-state index in [2.05, 4.69) is 23.3 Å². The third-order valence-electron chi connectivity index (χ3n) is 15.8. The lowest BCUT2D eigenvalue weighted by Gasteiger charge is -2.19. The van der Waals surface area contributed by atoms with Crippen molar-refractivity contribution in [2.75, 3.05) is 84.6 Å². The molecule has 15 nitrogen and oxygen atoms in total. The van der Waals surface area contributed by atoms with Gasteiger partial charge in [0.25, 0.3) is 0 Å². The highest BCUT2D eigenvalue weighted by Crippen LogP contribution is 2.45. The molecule has 6 aromatic rings. The van der Waals surface area contributed by atoms with Gasteiger partial charge in [-0.15, -0.1) is 0 Å². The zero-order valence-corrected chi connectivity index (χ0v) is 52.0. The van der Waals surface area contributed by atoms with E-state index >= 15 is 0 Å². The molecule has 6 aromatic carbocycles. The van der Waals surface area contributed by atoms with Gasteiger partial charge in [-0.25, -0.2) is 13.9 Å². The summed E-state index contributed by atoms with van der Waals surface area (Å²) in [6.45, 7) is 9.59. The van der Waals surface area contributed by atoms with Crippen LogP contribution in [0.3, 0.4) is 0 Å². The molecule has 0 fully saturated rings. The average molecular weight is 1190 g/mol. The van der Waals surface area contributed by atoms with Crippen LogP contribution in [0.1, 0.15) is 56.0 Å². The molecule has 0 saturated heterocycles. The number of rotatable bonds is 11. The van der Waals surface area contributed by atoms with Crippen molar-refractivity contribution in [1.29, 1.82) is 0 Å². The van der Waals surface area contributed by atoms with E-state index in [9.17, 15) is 29.7 Å². The molecule has 0 saturated carbocycles. The highest BCUT2D eigenvalue weighted by molar-refractivity contribution is 6.10. The third kappa shape index (κ3) is 12.3. The lowest BCUT2D eigenvalue weighted by molar-refractivity contribution is -0.256. The van der Waals surface area contributed by atoms with E-state index < -0.39 is 17.9 Å². The van der Waals surface area contributed by atoms with E-state index in [1.807, 2.05) is 223 Å². The van der Waals surface area contributed by atoms with Gasteiger partial charge in [-0.3, -0.25) is 4.99 Å². The number of carbonyl (C=O) groups is 3. The predicted molar refractivity (Wildman–Crippen MR) is 353 cm³/mol. The number of aromatic carboxylic acids is 3. The van der Waals surface area contributed by atoms with Crippen LogP contribution in [0.5, 0.6) is 0 Å². The Bertz CT molecular complexity index is 4660. The Balaban J connectivity index is 0.000000147. The zero-order chi connectivity index (χ0) is 63.5. The maximum absolute atomic E-state index is 12.0. The Morgan fingerprint density at radius 3 is 1.34 bits per heavy atom. The number of anilines is 3. The molecular weight excluding hydrogens is 1120 g/mol. The van der Waals surface area contributed by atoms with Crippen LogP contribution < -0.4 is 50.6 Å². The maximum atomic E-state index is 12.0. The van der Waals surface area contributed by atoms with Crippen molar-refractivity contribution in [2.24, 2.45) is 4.99 Å². The van der Waals surface area contributed by atoms with Crippen molar-refractivity contribution >= 4 is 67.9 Å². The normalized spacial score (nSPS) is 11.3. The molecule has 0 bridgehead atoms. The molecule has 89 heavy (non-hydrogen) atoms. The molecule has 3 aliphatic carbocycles. The minimum absolute atomic E-state index is 0.162. The zero-order valence-electron chi connectivity index (χ0n) is 52.0. The fraction of sp³-hybridized carbons (Fsp3) is 0.189. The van der Waals surface area contributed by atoms with Crippen LogP contribution in [0.15, 0.2) is 188 Å². The van der Waals surface area contributed by atoms with E-state index in [0.29, 0.717) is 57.3 Å². The first-order chi connectivity index (χ1) is 42.7. The van der Waals surface area contributed by atoms with E-state index in [-0.39, 0.29) is 16.7 Å². The molecule has 0 spiro atoms. The highest BCUT2D eigenvalue weighted by Gasteiger charge is 2.25. The average Bonchev–Trinajstić information content (AvgIpc) is 0.805. The van der Waals surface area contributed by atoms with Crippen molar-refractivity contribution in [3.63, 3.8) is 0 Å². The summed E-state index contributed by atoms with van der Waals surface area (Å²) < 4.78 is 22.9. The summed E-state index contributed by atoms with van der Waals surface area (Å²) in [5.41, 5.74) is 14.8. The molecule has 0 unspecified atom stereocenters. The van der Waals surface area contributed by atoms with Gasteiger partial charge in [0.05, 0.1) is 35.0 Å². The van der Waals surface area contributed by atoms with Crippen molar-refractivity contribution in [2.45, 2.75) is 27.7 Å². The monoisotopic (exact) mass is 1190 g/mol. The number of aryl methyl sites for hydroxylation is 2. The second kappa shape index (κ2) is 25.6. The second-order valence-corrected chi connectivity index (χ2v) is 22.6. The first kappa shape index (κ1) is 61.3. The van der Waals surface area contributed by atoms with E-state index in [4.69, 9.17) is 13.3 Å². The quantitative estimate of drug-likeness (QED) is 0.0921. The van der Waals surface area contributed by atoms with Crippen molar-refractivity contribution < 1.29 is 43.0 Å². The van der Waals surface area contributed by atoms with Crippen LogP contribution in [0, 0.1) is 13.8 Å². The molecule has 3 heterocycles. The molecule has 6 aliphatic rings. The minimum atomic E-state index is -1.20. The topological polar surface area (TPSA) is 194 Å². The standard InChI is InChI=1S/C26H26N2O3.2C24H22N2O3/c1-5-27-21-13-23-19(11-15(21)3)25(17-9-7-8-10-18(17)26(29)30)20-12-16(4)22(28-6-2)14-24(20)31-23;2*1-25(2)15-9-11-19-21(13-15)29-22-14-16(26(3)4)10-12-20(22)23(19)17-7-5-6-8-18(17)24(27)28/h7-14,27H,5-6H2,1-4H3,(H,29,30);2*5-14H,1-4H3. The number of nitrogens with one attached hydrogen (secondary N) is 1. The number of fused-ring (bicyclic) bond motifs is 6. The van der Waals surface area contributed by atoms with Crippen LogP contribution in [0.25, 0.3) is 100 Å². The summed E-state index contributed by atoms with van der Waals surface area (Å²) >= 11 is 0.